The van der Waals surface area contributed by atoms with Crippen LogP contribution in [-0.2, 0) is 4.79 Å². The molecular formula is C10H8O8. The Kier molecular flexibility index (Phi) is 5.56. The van der Waals surface area contributed by atoms with E-state index in [1.807, 2.05) is 0 Å². The van der Waals surface area contributed by atoms with Crippen molar-refractivity contribution in [1.29, 1.82) is 0 Å². The second-order valence-corrected chi connectivity index (χ2v) is 2.82. The number of benzene rings is 1. The van der Waals surface area contributed by atoms with Crippen molar-refractivity contribution in [3.63, 3.8) is 0 Å². The van der Waals surface area contributed by atoms with Crippen molar-refractivity contribution in [2.75, 3.05) is 0 Å². The first kappa shape index (κ1) is 15.1. The van der Waals surface area contributed by atoms with Crippen LogP contribution in [0.15, 0.2) is 18.2 Å². The predicted molar refractivity (Wildman–Crippen MR) is 56.0 cm³/mol. The minimum absolute atomic E-state index is 0.250. The average Bonchev–Trinajstić information content (AvgIpc) is 2.29. The van der Waals surface area contributed by atoms with Gasteiger partial charge in [-0.3, -0.25) is 4.79 Å². The van der Waals surface area contributed by atoms with Gasteiger partial charge < -0.3 is 20.4 Å². The molecule has 8 heteroatoms. The van der Waals surface area contributed by atoms with Crippen LogP contribution in [0, 0.1) is 0 Å². The highest BCUT2D eigenvalue weighted by Gasteiger charge is 2.14. The summed E-state index contributed by atoms with van der Waals surface area (Å²) >= 11 is 0. The number of carboxylic acid groups (broad SMARTS) is 4. The van der Waals surface area contributed by atoms with Crippen molar-refractivity contribution in [2.24, 2.45) is 0 Å². The lowest BCUT2D eigenvalue weighted by atomic mass is 10.1. The predicted octanol–water partition coefficient (Wildman–Crippen LogP) is 0.482. The molecule has 0 aliphatic carbocycles. The van der Waals surface area contributed by atoms with Gasteiger partial charge in [0.2, 0.25) is 0 Å². The van der Waals surface area contributed by atoms with Crippen LogP contribution in [0.1, 0.15) is 31.1 Å². The van der Waals surface area contributed by atoms with E-state index in [1.165, 1.54) is 0 Å². The van der Waals surface area contributed by atoms with Crippen LogP contribution in [0.5, 0.6) is 0 Å². The first-order chi connectivity index (χ1) is 8.33. The lowest BCUT2D eigenvalue weighted by Crippen LogP contribution is -2.07. The summed E-state index contributed by atoms with van der Waals surface area (Å²) < 4.78 is 0. The maximum absolute atomic E-state index is 10.6. The Morgan fingerprint density at radius 3 is 1.06 bits per heavy atom. The maximum atomic E-state index is 10.6. The average molecular weight is 256 g/mol. The number of hydrogen-bond acceptors (Lipinski definition) is 4. The van der Waals surface area contributed by atoms with Crippen molar-refractivity contribution in [3.05, 3.63) is 34.9 Å². The third kappa shape index (κ3) is 4.31. The van der Waals surface area contributed by atoms with Crippen LogP contribution in [0.25, 0.3) is 0 Å². The van der Waals surface area contributed by atoms with Gasteiger partial charge in [-0.25, -0.2) is 14.4 Å². The van der Waals surface area contributed by atoms with E-state index in [2.05, 4.69) is 0 Å². The Balaban J connectivity index is 0.000000873. The minimum atomic E-state index is -1.37. The third-order valence-electron chi connectivity index (χ3n) is 1.67. The number of aromatic carboxylic acids is 3. The molecule has 0 amide bonds. The van der Waals surface area contributed by atoms with E-state index in [9.17, 15) is 14.4 Å². The van der Waals surface area contributed by atoms with Crippen molar-refractivity contribution in [1.82, 2.24) is 0 Å². The summed E-state index contributed by atoms with van der Waals surface area (Å²) in [6.07, 6.45) is 0. The van der Waals surface area contributed by atoms with Gasteiger partial charge >= 0.3 is 17.9 Å². The van der Waals surface area contributed by atoms with Crippen LogP contribution >= 0.6 is 0 Å². The van der Waals surface area contributed by atoms with Crippen LogP contribution in [0.2, 0.25) is 0 Å². The van der Waals surface area contributed by atoms with Crippen molar-refractivity contribution in [3.8, 4) is 0 Å². The maximum Gasteiger partial charge on any atom is 0.335 e. The summed E-state index contributed by atoms with van der Waals surface area (Å²) in [4.78, 5) is 40.1. The van der Waals surface area contributed by atoms with Gasteiger partial charge in [0.1, 0.15) is 0 Å². The van der Waals surface area contributed by atoms with E-state index >= 15 is 0 Å². The second-order valence-electron chi connectivity index (χ2n) is 2.82. The number of rotatable bonds is 3. The summed E-state index contributed by atoms with van der Waals surface area (Å²) in [5.41, 5.74) is -1.10. The van der Waals surface area contributed by atoms with Crippen LogP contribution in [0.4, 0.5) is 0 Å². The molecule has 8 nitrogen and oxygen atoms in total. The van der Waals surface area contributed by atoms with Crippen molar-refractivity contribution in [2.45, 2.75) is 0 Å². The summed E-state index contributed by atoms with van der Waals surface area (Å²) in [5, 5.41) is 32.7. The van der Waals surface area contributed by atoms with Gasteiger partial charge in [-0.2, -0.15) is 0 Å². The Morgan fingerprint density at radius 2 is 0.944 bits per heavy atom. The molecule has 0 aromatic heterocycles. The monoisotopic (exact) mass is 256 g/mol. The highest BCUT2D eigenvalue weighted by Crippen LogP contribution is 2.11. The molecule has 0 aliphatic heterocycles. The SMILES string of the molecule is O=C(O)c1cc(C(=O)O)cc(C(=O)O)c1.O=CO. The fourth-order valence-electron chi connectivity index (χ4n) is 0.998. The summed E-state index contributed by atoms with van der Waals surface area (Å²) in [6.45, 7) is -0.250. The van der Waals surface area contributed by atoms with E-state index in [-0.39, 0.29) is 23.2 Å². The molecular weight excluding hydrogens is 248 g/mol. The van der Waals surface area contributed by atoms with E-state index in [1.54, 1.807) is 0 Å². The van der Waals surface area contributed by atoms with Crippen LogP contribution in [-0.4, -0.2) is 44.8 Å². The molecule has 0 saturated heterocycles. The second kappa shape index (κ2) is 6.63. The number of hydrogen-bond donors (Lipinski definition) is 4. The molecule has 0 heterocycles. The highest BCUT2D eigenvalue weighted by atomic mass is 16.4. The Bertz CT molecular complexity index is 412. The van der Waals surface area contributed by atoms with Crippen LogP contribution < -0.4 is 0 Å². The Hall–Kier alpha value is -2.90. The number of carboxylic acids is 3. The molecule has 0 radical (unpaired) electrons. The molecule has 4 N–H and O–H groups in total. The first-order valence-corrected chi connectivity index (χ1v) is 4.26. The van der Waals surface area contributed by atoms with Gasteiger partial charge in [0.05, 0.1) is 16.7 Å². The molecule has 0 unspecified atom stereocenters. The van der Waals surface area contributed by atoms with E-state index in [4.69, 9.17) is 25.2 Å². The molecule has 1 aromatic rings. The lowest BCUT2D eigenvalue weighted by Gasteiger charge is -2.00. The molecule has 0 fully saturated rings. The molecule has 96 valence electrons. The first-order valence-electron chi connectivity index (χ1n) is 4.26. The zero-order valence-electron chi connectivity index (χ0n) is 8.73. The van der Waals surface area contributed by atoms with Gasteiger partial charge in [0, 0.05) is 0 Å². The minimum Gasteiger partial charge on any atom is -0.483 e. The summed E-state index contributed by atoms with van der Waals surface area (Å²) in [7, 11) is 0. The third-order valence-corrected chi connectivity index (χ3v) is 1.67. The lowest BCUT2D eigenvalue weighted by molar-refractivity contribution is -0.122. The molecule has 1 aromatic carbocycles. The summed E-state index contributed by atoms with van der Waals surface area (Å²) in [5.74, 6) is -4.12. The highest BCUT2D eigenvalue weighted by molar-refractivity contribution is 5.98. The van der Waals surface area contributed by atoms with Crippen molar-refractivity contribution >= 4 is 24.4 Å². The fourth-order valence-corrected chi connectivity index (χ4v) is 0.998. The fraction of sp³-hybridized carbons (Fsp3) is 0. The molecule has 0 spiro atoms. The van der Waals surface area contributed by atoms with E-state index in [0.717, 1.165) is 18.2 Å². The van der Waals surface area contributed by atoms with Crippen LogP contribution in [0.3, 0.4) is 0 Å². The van der Waals surface area contributed by atoms with Crippen molar-refractivity contribution < 1.29 is 39.6 Å². The number of carbonyl (C=O) groups is 4. The van der Waals surface area contributed by atoms with Gasteiger partial charge in [0.25, 0.3) is 6.47 Å². The molecule has 0 aliphatic rings. The quantitative estimate of drug-likeness (QED) is 0.570. The molecule has 0 bridgehead atoms. The molecule has 1 rings (SSSR count). The molecule has 0 atom stereocenters. The van der Waals surface area contributed by atoms with E-state index < -0.39 is 17.9 Å². The largest absolute Gasteiger partial charge is 0.483 e. The Labute approximate surface area is 99.7 Å². The van der Waals surface area contributed by atoms with Gasteiger partial charge in [-0.15, -0.1) is 0 Å². The summed E-state index contributed by atoms with van der Waals surface area (Å²) in [6, 6.07) is 2.70. The molecule has 18 heavy (non-hydrogen) atoms. The molecule has 0 saturated carbocycles. The topological polar surface area (TPSA) is 149 Å². The zero-order chi connectivity index (χ0) is 14.3. The van der Waals surface area contributed by atoms with E-state index in [0.29, 0.717) is 0 Å². The smallest absolute Gasteiger partial charge is 0.335 e. The van der Waals surface area contributed by atoms with Gasteiger partial charge in [-0.05, 0) is 18.2 Å². The van der Waals surface area contributed by atoms with Gasteiger partial charge in [-0.1, -0.05) is 0 Å². The van der Waals surface area contributed by atoms with Gasteiger partial charge in [0.15, 0.2) is 0 Å². The zero-order valence-corrected chi connectivity index (χ0v) is 8.73. The normalized spacial score (nSPS) is 8.67. The standard InChI is InChI=1S/C9H6O6.CH2O2/c10-7(11)4-1-5(8(12)13)3-6(2-4)9(14)15;2-1-3/h1-3H,(H,10,11)(H,12,13)(H,14,15);1H,(H,2,3). The Morgan fingerprint density at radius 1 is 0.778 bits per heavy atom.